The van der Waals surface area contributed by atoms with Gasteiger partial charge in [-0.1, -0.05) is 19.1 Å². The number of hydrogen-bond donors (Lipinski definition) is 2. The number of rotatable bonds is 7. The molecule has 8 heteroatoms. The van der Waals surface area contributed by atoms with Crippen LogP contribution in [0.4, 0.5) is 22.0 Å². The Hall–Kier alpha value is -2.48. The average molecular weight is 471 g/mol. The van der Waals surface area contributed by atoms with E-state index >= 15 is 0 Å². The molecule has 3 heterocycles. The highest BCUT2D eigenvalue weighted by molar-refractivity contribution is 7.80. The Morgan fingerprint density at radius 1 is 1.03 bits per heavy atom. The monoisotopic (exact) mass is 470 g/mol. The summed E-state index contributed by atoms with van der Waals surface area (Å²) in [5.74, 6) is 3.00. The first-order valence-corrected chi connectivity index (χ1v) is 12.7. The van der Waals surface area contributed by atoms with Crippen LogP contribution in [0.1, 0.15) is 51.0 Å². The maximum atomic E-state index is 13.0. The summed E-state index contributed by atoms with van der Waals surface area (Å²) in [4.78, 5) is 14.4. The highest BCUT2D eigenvalue weighted by Crippen LogP contribution is 2.27. The molecule has 178 valence electrons. The van der Waals surface area contributed by atoms with Crippen LogP contribution in [0.2, 0.25) is 0 Å². The van der Waals surface area contributed by atoms with Gasteiger partial charge in [-0.3, -0.25) is 0 Å². The SMILES string of the molecule is C[C@@H]1CCCN(c2cc(N3CCCCC3)nc(NC(=S)NCCCc3ccc(F)cc3)n2)C1. The van der Waals surface area contributed by atoms with E-state index < -0.39 is 0 Å². The minimum atomic E-state index is -0.201. The van der Waals surface area contributed by atoms with E-state index in [2.05, 4.69) is 33.4 Å². The van der Waals surface area contributed by atoms with Crippen LogP contribution in [-0.4, -0.2) is 47.8 Å². The standard InChI is InChI=1S/C25H35FN6S/c1-19-7-6-16-32(18-19)23-17-22(31-14-3-2-4-15-31)28-24(29-23)30-25(33)27-13-5-8-20-9-11-21(26)12-10-20/h9-12,17,19H,2-8,13-16,18H2,1H3,(H2,27,28,29,30,33)/t19-/m1/s1. The first-order chi connectivity index (χ1) is 16.1. The second kappa shape index (κ2) is 11.6. The van der Waals surface area contributed by atoms with Crippen LogP contribution in [-0.2, 0) is 6.42 Å². The van der Waals surface area contributed by atoms with Gasteiger partial charge in [0.2, 0.25) is 5.95 Å². The van der Waals surface area contributed by atoms with E-state index in [0.717, 1.165) is 62.8 Å². The number of anilines is 3. The van der Waals surface area contributed by atoms with Crippen molar-refractivity contribution in [2.75, 3.05) is 47.8 Å². The van der Waals surface area contributed by atoms with Crippen molar-refractivity contribution in [3.05, 3.63) is 41.7 Å². The molecule has 1 aromatic heterocycles. The van der Waals surface area contributed by atoms with Crippen molar-refractivity contribution >= 4 is 34.9 Å². The number of thiocarbonyl (C=S) groups is 1. The van der Waals surface area contributed by atoms with Gasteiger partial charge >= 0.3 is 0 Å². The van der Waals surface area contributed by atoms with Gasteiger partial charge in [0.15, 0.2) is 5.11 Å². The zero-order valence-electron chi connectivity index (χ0n) is 19.5. The van der Waals surface area contributed by atoms with Crippen molar-refractivity contribution in [2.45, 2.75) is 51.9 Å². The second-order valence-corrected chi connectivity index (χ2v) is 9.67. The lowest BCUT2D eigenvalue weighted by Crippen LogP contribution is -2.36. The molecule has 2 fully saturated rings. The molecule has 1 aromatic carbocycles. The Balaban J connectivity index is 1.37. The Kier molecular flexibility index (Phi) is 8.31. The number of halogens is 1. The summed E-state index contributed by atoms with van der Waals surface area (Å²) in [6, 6.07) is 8.81. The first kappa shape index (κ1) is 23.7. The number of nitrogens with zero attached hydrogens (tertiary/aromatic N) is 4. The molecule has 0 aliphatic carbocycles. The van der Waals surface area contributed by atoms with E-state index in [1.54, 1.807) is 0 Å². The molecule has 0 spiro atoms. The molecular weight excluding hydrogens is 435 g/mol. The van der Waals surface area contributed by atoms with Gasteiger partial charge in [-0.25, -0.2) is 4.39 Å². The minimum absolute atomic E-state index is 0.201. The van der Waals surface area contributed by atoms with Crippen molar-refractivity contribution in [3.8, 4) is 0 Å². The summed E-state index contributed by atoms with van der Waals surface area (Å²) >= 11 is 5.52. The fraction of sp³-hybridized carbons (Fsp3) is 0.560. The van der Waals surface area contributed by atoms with Crippen LogP contribution >= 0.6 is 12.2 Å². The summed E-state index contributed by atoms with van der Waals surface area (Å²) in [7, 11) is 0. The van der Waals surface area contributed by atoms with E-state index in [1.165, 1.54) is 44.2 Å². The number of hydrogen-bond acceptors (Lipinski definition) is 5. The predicted octanol–water partition coefficient (Wildman–Crippen LogP) is 4.76. The highest BCUT2D eigenvalue weighted by Gasteiger charge is 2.21. The Morgan fingerprint density at radius 3 is 2.45 bits per heavy atom. The normalized spacial score (nSPS) is 18.8. The predicted molar refractivity (Wildman–Crippen MR) is 138 cm³/mol. The molecule has 33 heavy (non-hydrogen) atoms. The third kappa shape index (κ3) is 7.00. The molecule has 0 radical (unpaired) electrons. The molecule has 1 atom stereocenters. The van der Waals surface area contributed by atoms with Crippen LogP contribution in [0.3, 0.4) is 0 Å². The lowest BCUT2D eigenvalue weighted by molar-refractivity contribution is 0.444. The Labute approximate surface area is 202 Å². The smallest absolute Gasteiger partial charge is 0.232 e. The van der Waals surface area contributed by atoms with Crippen LogP contribution in [0.5, 0.6) is 0 Å². The summed E-state index contributed by atoms with van der Waals surface area (Å²) in [6.07, 6.45) is 7.94. The van der Waals surface area contributed by atoms with Gasteiger partial charge in [-0.2, -0.15) is 9.97 Å². The minimum Gasteiger partial charge on any atom is -0.362 e. The summed E-state index contributed by atoms with van der Waals surface area (Å²) in [6.45, 7) is 7.18. The topological polar surface area (TPSA) is 56.3 Å². The average Bonchev–Trinajstić information content (AvgIpc) is 2.83. The van der Waals surface area contributed by atoms with E-state index in [9.17, 15) is 4.39 Å². The van der Waals surface area contributed by atoms with Gasteiger partial charge in [-0.05, 0) is 80.8 Å². The van der Waals surface area contributed by atoms with Gasteiger partial charge in [0.05, 0.1) is 0 Å². The van der Waals surface area contributed by atoms with Crippen molar-refractivity contribution < 1.29 is 4.39 Å². The quantitative estimate of drug-likeness (QED) is 0.447. The Bertz CT molecular complexity index is 916. The molecule has 2 N–H and O–H groups in total. The number of aryl methyl sites for hydroxylation is 1. The molecule has 0 saturated carbocycles. The lowest BCUT2D eigenvalue weighted by Gasteiger charge is -2.33. The van der Waals surface area contributed by atoms with Gasteiger partial charge in [0, 0.05) is 38.8 Å². The molecule has 2 saturated heterocycles. The van der Waals surface area contributed by atoms with Crippen molar-refractivity contribution in [2.24, 2.45) is 5.92 Å². The van der Waals surface area contributed by atoms with Gasteiger partial charge in [0.25, 0.3) is 0 Å². The molecule has 2 aromatic rings. The van der Waals surface area contributed by atoms with E-state index in [4.69, 9.17) is 22.2 Å². The number of benzene rings is 1. The van der Waals surface area contributed by atoms with Crippen LogP contribution in [0, 0.1) is 11.7 Å². The first-order valence-electron chi connectivity index (χ1n) is 12.2. The number of nitrogens with one attached hydrogen (secondary N) is 2. The Morgan fingerprint density at radius 2 is 1.73 bits per heavy atom. The van der Waals surface area contributed by atoms with Crippen LogP contribution < -0.4 is 20.4 Å². The molecular formula is C25H35FN6S. The van der Waals surface area contributed by atoms with Gasteiger partial charge < -0.3 is 20.4 Å². The molecule has 2 aliphatic heterocycles. The van der Waals surface area contributed by atoms with Crippen molar-refractivity contribution in [1.29, 1.82) is 0 Å². The molecule has 4 rings (SSSR count). The zero-order valence-corrected chi connectivity index (χ0v) is 20.3. The third-order valence-corrected chi connectivity index (χ3v) is 6.67. The van der Waals surface area contributed by atoms with Gasteiger partial charge in [0.1, 0.15) is 17.5 Å². The van der Waals surface area contributed by atoms with Crippen LogP contribution in [0.25, 0.3) is 0 Å². The molecule has 6 nitrogen and oxygen atoms in total. The molecule has 2 aliphatic rings. The molecule has 0 bridgehead atoms. The summed E-state index contributed by atoms with van der Waals surface area (Å²) < 4.78 is 13.0. The number of piperidine rings is 2. The van der Waals surface area contributed by atoms with Crippen LogP contribution in [0.15, 0.2) is 30.3 Å². The largest absolute Gasteiger partial charge is 0.362 e. The summed E-state index contributed by atoms with van der Waals surface area (Å²) in [5, 5.41) is 7.00. The zero-order chi connectivity index (χ0) is 23.0. The second-order valence-electron chi connectivity index (χ2n) is 9.26. The summed E-state index contributed by atoms with van der Waals surface area (Å²) in [5.41, 5.74) is 1.12. The van der Waals surface area contributed by atoms with Gasteiger partial charge in [-0.15, -0.1) is 0 Å². The number of aromatic nitrogens is 2. The highest BCUT2D eigenvalue weighted by atomic mass is 32.1. The fourth-order valence-corrected chi connectivity index (χ4v) is 4.81. The lowest BCUT2D eigenvalue weighted by atomic mass is 10.0. The third-order valence-electron chi connectivity index (χ3n) is 6.43. The fourth-order valence-electron chi connectivity index (χ4n) is 4.61. The van der Waals surface area contributed by atoms with E-state index in [-0.39, 0.29) is 5.82 Å². The van der Waals surface area contributed by atoms with Crippen molar-refractivity contribution in [3.63, 3.8) is 0 Å². The van der Waals surface area contributed by atoms with E-state index in [0.29, 0.717) is 17.0 Å². The maximum Gasteiger partial charge on any atom is 0.232 e. The molecule has 0 unspecified atom stereocenters. The van der Waals surface area contributed by atoms with E-state index in [1.807, 2.05) is 12.1 Å². The maximum absolute atomic E-state index is 13.0. The molecule has 0 amide bonds. The van der Waals surface area contributed by atoms with Crippen molar-refractivity contribution in [1.82, 2.24) is 15.3 Å².